The van der Waals surface area contributed by atoms with Gasteiger partial charge in [-0.15, -0.1) is 0 Å². The second kappa shape index (κ2) is 10.7. The number of morpholine rings is 1. The summed E-state index contributed by atoms with van der Waals surface area (Å²) in [6.45, 7) is 10.6. The number of hydrogen-bond acceptors (Lipinski definition) is 5. The van der Waals surface area contributed by atoms with Crippen molar-refractivity contribution in [2.24, 2.45) is 5.92 Å². The minimum absolute atomic E-state index is 0.105. The molecule has 7 nitrogen and oxygen atoms in total. The van der Waals surface area contributed by atoms with Crippen molar-refractivity contribution in [1.29, 1.82) is 0 Å². The van der Waals surface area contributed by atoms with Gasteiger partial charge >= 0.3 is 0 Å². The van der Waals surface area contributed by atoms with E-state index >= 15 is 0 Å². The van der Waals surface area contributed by atoms with E-state index in [4.69, 9.17) is 4.74 Å². The summed E-state index contributed by atoms with van der Waals surface area (Å²) in [7, 11) is -2.24. The molecule has 0 aliphatic carbocycles. The van der Waals surface area contributed by atoms with Crippen LogP contribution in [0.1, 0.15) is 42.6 Å². The first-order valence-corrected chi connectivity index (χ1v) is 13.9. The number of anilines is 1. The molecule has 190 valence electrons. The van der Waals surface area contributed by atoms with Crippen LogP contribution in [0.3, 0.4) is 0 Å². The van der Waals surface area contributed by atoms with Crippen LogP contribution in [0.15, 0.2) is 53.4 Å². The van der Waals surface area contributed by atoms with Gasteiger partial charge in [0.2, 0.25) is 0 Å². The number of carbonyl (C=O) groups excluding carboxylic acids is 1. The molecule has 0 saturated carbocycles. The summed E-state index contributed by atoms with van der Waals surface area (Å²) in [5.74, 6) is 0.457. The Morgan fingerprint density at radius 2 is 1.66 bits per heavy atom. The van der Waals surface area contributed by atoms with Crippen molar-refractivity contribution in [3.05, 3.63) is 59.7 Å². The van der Waals surface area contributed by atoms with E-state index in [-0.39, 0.29) is 23.0 Å². The molecule has 2 aromatic rings. The molecule has 2 aliphatic rings. The van der Waals surface area contributed by atoms with E-state index in [0.29, 0.717) is 30.3 Å². The lowest BCUT2D eigenvalue weighted by Crippen LogP contribution is -2.48. The summed E-state index contributed by atoms with van der Waals surface area (Å²) in [6.07, 6.45) is 2.43. The van der Waals surface area contributed by atoms with Crippen LogP contribution in [0.2, 0.25) is 0 Å². The van der Waals surface area contributed by atoms with Crippen LogP contribution < -0.4 is 4.31 Å². The van der Waals surface area contributed by atoms with Crippen molar-refractivity contribution in [2.45, 2.75) is 50.7 Å². The average Bonchev–Trinajstić information content (AvgIpc) is 2.83. The average molecular weight is 500 g/mol. The maximum atomic E-state index is 13.2. The van der Waals surface area contributed by atoms with Gasteiger partial charge in [0.15, 0.2) is 0 Å². The van der Waals surface area contributed by atoms with E-state index in [2.05, 4.69) is 18.7 Å². The molecule has 8 heteroatoms. The Morgan fingerprint density at radius 3 is 2.29 bits per heavy atom. The number of benzene rings is 2. The topological polar surface area (TPSA) is 70.2 Å². The Labute approximate surface area is 209 Å². The van der Waals surface area contributed by atoms with Gasteiger partial charge < -0.3 is 9.64 Å². The molecule has 2 aromatic carbocycles. The molecule has 35 heavy (non-hydrogen) atoms. The van der Waals surface area contributed by atoms with Crippen molar-refractivity contribution in [1.82, 2.24) is 9.80 Å². The van der Waals surface area contributed by atoms with E-state index in [0.717, 1.165) is 38.0 Å². The number of hydrogen-bond donors (Lipinski definition) is 0. The van der Waals surface area contributed by atoms with E-state index in [1.54, 1.807) is 30.3 Å². The summed E-state index contributed by atoms with van der Waals surface area (Å²) < 4.78 is 33.6. The molecule has 4 rings (SSSR count). The Bertz CT molecular complexity index is 1120. The van der Waals surface area contributed by atoms with Gasteiger partial charge in [-0.3, -0.25) is 14.0 Å². The van der Waals surface area contributed by atoms with Crippen LogP contribution in [0.4, 0.5) is 5.69 Å². The first-order chi connectivity index (χ1) is 16.6. The minimum atomic E-state index is -3.78. The van der Waals surface area contributed by atoms with Gasteiger partial charge in [-0.05, 0) is 69.9 Å². The molecule has 2 heterocycles. The zero-order valence-corrected chi connectivity index (χ0v) is 22.0. The molecule has 0 aromatic heterocycles. The fourth-order valence-electron chi connectivity index (χ4n) is 5.14. The third-order valence-corrected chi connectivity index (χ3v) is 8.83. The Morgan fingerprint density at radius 1 is 1.03 bits per heavy atom. The van der Waals surface area contributed by atoms with Crippen molar-refractivity contribution in [2.75, 3.05) is 44.1 Å². The molecule has 2 fully saturated rings. The zero-order valence-electron chi connectivity index (χ0n) is 21.2. The predicted octanol–water partition coefficient (Wildman–Crippen LogP) is 3.78. The molecule has 0 bridgehead atoms. The van der Waals surface area contributed by atoms with Crippen LogP contribution in [-0.4, -0.2) is 76.1 Å². The van der Waals surface area contributed by atoms with Crippen LogP contribution in [0.25, 0.3) is 0 Å². The van der Waals surface area contributed by atoms with Gasteiger partial charge in [0.1, 0.15) is 0 Å². The first kappa shape index (κ1) is 25.7. The predicted molar refractivity (Wildman–Crippen MR) is 138 cm³/mol. The summed E-state index contributed by atoms with van der Waals surface area (Å²) >= 11 is 0. The number of sulfonamides is 1. The molecule has 2 atom stereocenters. The normalized spacial score (nSPS) is 22.2. The van der Waals surface area contributed by atoms with Crippen molar-refractivity contribution in [3.63, 3.8) is 0 Å². The Balaban J connectivity index is 1.39. The number of rotatable bonds is 6. The van der Waals surface area contributed by atoms with Crippen molar-refractivity contribution in [3.8, 4) is 0 Å². The van der Waals surface area contributed by atoms with Gasteiger partial charge in [0.25, 0.3) is 15.9 Å². The van der Waals surface area contributed by atoms with Gasteiger partial charge in [-0.1, -0.05) is 23.8 Å². The highest BCUT2D eigenvalue weighted by Gasteiger charge is 2.29. The summed E-state index contributed by atoms with van der Waals surface area (Å²) in [5.41, 5.74) is 2.06. The van der Waals surface area contributed by atoms with E-state index < -0.39 is 10.0 Å². The molecule has 0 radical (unpaired) electrons. The molecule has 0 spiro atoms. The fraction of sp³-hybridized carbons (Fsp3) is 0.519. The highest BCUT2D eigenvalue weighted by molar-refractivity contribution is 7.92. The van der Waals surface area contributed by atoms with E-state index in [1.807, 2.05) is 24.0 Å². The number of nitrogens with zero attached hydrogens (tertiary/aromatic N) is 3. The molecule has 2 aliphatic heterocycles. The monoisotopic (exact) mass is 499 g/mol. The summed E-state index contributed by atoms with van der Waals surface area (Å²) in [5, 5.41) is 0. The fourth-order valence-corrected chi connectivity index (χ4v) is 6.38. The largest absolute Gasteiger partial charge is 0.373 e. The number of aryl methyl sites for hydroxylation is 1. The second-order valence-corrected chi connectivity index (χ2v) is 12.0. The van der Waals surface area contributed by atoms with Gasteiger partial charge in [0.05, 0.1) is 22.8 Å². The maximum Gasteiger partial charge on any atom is 0.264 e. The number of piperidine rings is 1. The lowest BCUT2D eigenvalue weighted by Gasteiger charge is -2.39. The van der Waals surface area contributed by atoms with Crippen LogP contribution in [0.5, 0.6) is 0 Å². The highest BCUT2D eigenvalue weighted by Crippen LogP contribution is 2.25. The van der Waals surface area contributed by atoms with Gasteiger partial charge in [-0.2, -0.15) is 0 Å². The number of amides is 1. The van der Waals surface area contributed by atoms with Crippen LogP contribution >= 0.6 is 0 Å². The molecule has 2 unspecified atom stereocenters. The lowest BCUT2D eigenvalue weighted by molar-refractivity contribution is -0.0728. The highest BCUT2D eigenvalue weighted by atomic mass is 32.2. The number of ether oxygens (including phenoxy) is 1. The second-order valence-electron chi connectivity index (χ2n) is 10.0. The van der Waals surface area contributed by atoms with Crippen molar-refractivity contribution < 1.29 is 17.9 Å². The molecular weight excluding hydrogens is 462 g/mol. The smallest absolute Gasteiger partial charge is 0.264 e. The third-order valence-electron chi connectivity index (χ3n) is 7.05. The Hall–Kier alpha value is -2.42. The standard InChI is InChI=1S/C27H37N3O4S/c1-20-8-10-25(11-9-20)28(4)35(32,33)26-7-5-6-24(16-26)27(31)30-14-12-23(13-15-30)19-29-17-21(2)34-22(3)18-29/h5-11,16,21-23H,12-15,17-19H2,1-4H3. The van der Waals surface area contributed by atoms with Crippen molar-refractivity contribution >= 4 is 21.6 Å². The molecule has 0 N–H and O–H groups in total. The van der Waals surface area contributed by atoms with Gasteiger partial charge in [-0.25, -0.2) is 8.42 Å². The molecule has 1 amide bonds. The number of carbonyl (C=O) groups is 1. The summed E-state index contributed by atoms with van der Waals surface area (Å²) in [4.78, 5) is 17.7. The Kier molecular flexibility index (Phi) is 7.83. The first-order valence-electron chi connectivity index (χ1n) is 12.5. The van der Waals surface area contributed by atoms with Crippen LogP contribution in [0, 0.1) is 12.8 Å². The molecular formula is C27H37N3O4S. The summed E-state index contributed by atoms with van der Waals surface area (Å²) in [6, 6.07) is 13.7. The number of likely N-dealkylation sites (tertiary alicyclic amines) is 1. The maximum absolute atomic E-state index is 13.2. The van der Waals surface area contributed by atoms with E-state index in [9.17, 15) is 13.2 Å². The van der Waals surface area contributed by atoms with Crippen LogP contribution in [-0.2, 0) is 14.8 Å². The SMILES string of the molecule is Cc1ccc(N(C)S(=O)(=O)c2cccc(C(=O)N3CCC(CN4CC(C)OC(C)C4)CC3)c2)cc1. The zero-order chi connectivity index (χ0) is 25.2. The minimum Gasteiger partial charge on any atom is -0.373 e. The quantitative estimate of drug-likeness (QED) is 0.605. The van der Waals surface area contributed by atoms with Gasteiger partial charge in [0, 0.05) is 45.3 Å². The lowest BCUT2D eigenvalue weighted by atomic mass is 9.95. The third kappa shape index (κ3) is 6.05. The van der Waals surface area contributed by atoms with E-state index in [1.165, 1.54) is 17.4 Å². The molecule has 2 saturated heterocycles.